The van der Waals surface area contributed by atoms with Crippen LogP contribution in [0.4, 0.5) is 11.9 Å². The highest BCUT2D eigenvalue weighted by molar-refractivity contribution is 6.28. The predicted molar refractivity (Wildman–Crippen MR) is 85.8 cm³/mol. The average Bonchev–Trinajstić information content (AvgIpc) is 2.80. The monoisotopic (exact) mass is 309 g/mol. The SMILES string of the molecule is CC1(C)C(CNc2nc(Cl)nc(N3CCCC3)n2)C1(C)C. The van der Waals surface area contributed by atoms with Crippen molar-refractivity contribution in [3.05, 3.63) is 5.28 Å². The molecular weight excluding hydrogens is 286 g/mol. The van der Waals surface area contributed by atoms with E-state index in [0.717, 1.165) is 19.6 Å². The molecule has 3 rings (SSSR count). The maximum Gasteiger partial charge on any atom is 0.231 e. The quantitative estimate of drug-likeness (QED) is 0.925. The number of nitrogens with one attached hydrogen (secondary N) is 1. The van der Waals surface area contributed by atoms with Gasteiger partial charge in [-0.3, -0.25) is 0 Å². The Morgan fingerprint density at radius 2 is 1.71 bits per heavy atom. The third kappa shape index (κ3) is 2.56. The minimum absolute atomic E-state index is 0.267. The van der Waals surface area contributed by atoms with Crippen molar-refractivity contribution >= 4 is 23.5 Å². The molecule has 1 N–H and O–H groups in total. The van der Waals surface area contributed by atoms with E-state index in [4.69, 9.17) is 11.6 Å². The fraction of sp³-hybridized carbons (Fsp3) is 0.800. The summed E-state index contributed by atoms with van der Waals surface area (Å²) in [5.41, 5.74) is 0.712. The molecule has 2 fully saturated rings. The van der Waals surface area contributed by atoms with Crippen molar-refractivity contribution in [1.82, 2.24) is 15.0 Å². The van der Waals surface area contributed by atoms with Crippen LogP contribution in [0.1, 0.15) is 40.5 Å². The molecule has 116 valence electrons. The second-order valence-corrected chi connectivity index (χ2v) is 7.64. The van der Waals surface area contributed by atoms with Crippen LogP contribution in [0, 0.1) is 16.7 Å². The molecule has 0 amide bonds. The van der Waals surface area contributed by atoms with Gasteiger partial charge >= 0.3 is 0 Å². The second kappa shape index (κ2) is 4.97. The van der Waals surface area contributed by atoms with Crippen LogP contribution in [0.25, 0.3) is 0 Å². The molecule has 0 bridgehead atoms. The molecule has 0 unspecified atom stereocenters. The zero-order valence-corrected chi connectivity index (χ0v) is 14.0. The summed E-state index contributed by atoms with van der Waals surface area (Å²) in [5.74, 6) is 1.91. The number of hydrogen-bond donors (Lipinski definition) is 1. The molecule has 0 radical (unpaired) electrons. The van der Waals surface area contributed by atoms with Crippen LogP contribution in [-0.4, -0.2) is 34.6 Å². The fourth-order valence-corrected chi connectivity index (χ4v) is 3.67. The first-order valence-electron chi connectivity index (χ1n) is 7.73. The molecule has 2 heterocycles. The van der Waals surface area contributed by atoms with E-state index < -0.39 is 0 Å². The summed E-state index contributed by atoms with van der Waals surface area (Å²) in [4.78, 5) is 15.1. The molecule has 21 heavy (non-hydrogen) atoms. The summed E-state index contributed by atoms with van der Waals surface area (Å²) < 4.78 is 0. The van der Waals surface area contributed by atoms with E-state index >= 15 is 0 Å². The summed E-state index contributed by atoms with van der Waals surface area (Å²) in [5, 5.41) is 3.62. The second-order valence-electron chi connectivity index (χ2n) is 7.30. The van der Waals surface area contributed by atoms with Crippen molar-refractivity contribution in [3.63, 3.8) is 0 Å². The minimum atomic E-state index is 0.267. The highest BCUT2D eigenvalue weighted by Gasteiger charge is 2.64. The fourth-order valence-electron chi connectivity index (χ4n) is 3.51. The Bertz CT molecular complexity index is 523. The normalized spacial score (nSPS) is 23.4. The highest BCUT2D eigenvalue weighted by Crippen LogP contribution is 2.68. The molecule has 1 saturated carbocycles. The third-order valence-electron chi connectivity index (χ3n) is 5.77. The van der Waals surface area contributed by atoms with E-state index in [2.05, 4.69) is 52.9 Å². The van der Waals surface area contributed by atoms with Crippen LogP contribution in [0.15, 0.2) is 0 Å². The van der Waals surface area contributed by atoms with E-state index in [1.165, 1.54) is 12.8 Å². The number of aromatic nitrogens is 3. The van der Waals surface area contributed by atoms with Crippen molar-refractivity contribution in [1.29, 1.82) is 0 Å². The highest BCUT2D eigenvalue weighted by atomic mass is 35.5. The zero-order chi connectivity index (χ0) is 15.3. The first-order chi connectivity index (χ1) is 9.82. The standard InChI is InChI=1S/C15H24ClN5/c1-14(2)10(15(14,3)4)9-17-12-18-11(16)19-13(20-12)21-7-5-6-8-21/h10H,5-9H2,1-4H3,(H,17,18,19,20). The van der Waals surface area contributed by atoms with Crippen LogP contribution in [0.3, 0.4) is 0 Å². The number of hydrogen-bond acceptors (Lipinski definition) is 5. The molecule has 1 aliphatic heterocycles. The summed E-state index contributed by atoms with van der Waals surface area (Å²) in [7, 11) is 0. The lowest BCUT2D eigenvalue weighted by Crippen LogP contribution is -2.22. The molecular formula is C15H24ClN5. The Kier molecular flexibility index (Phi) is 3.51. The summed E-state index contributed by atoms with van der Waals surface area (Å²) in [6.07, 6.45) is 2.38. The number of halogens is 1. The van der Waals surface area contributed by atoms with Gasteiger partial charge in [-0.15, -0.1) is 0 Å². The van der Waals surface area contributed by atoms with Gasteiger partial charge in [0.05, 0.1) is 0 Å². The van der Waals surface area contributed by atoms with Gasteiger partial charge in [-0.05, 0) is 41.2 Å². The number of rotatable bonds is 4. The molecule has 0 atom stereocenters. The summed E-state index contributed by atoms with van der Waals surface area (Å²) in [6, 6.07) is 0. The Hall–Kier alpha value is -1.10. The van der Waals surface area contributed by atoms with Crippen molar-refractivity contribution in [2.75, 3.05) is 29.9 Å². The van der Waals surface area contributed by atoms with Crippen LogP contribution in [0.5, 0.6) is 0 Å². The molecule has 2 aliphatic rings. The van der Waals surface area contributed by atoms with Gasteiger partial charge in [-0.25, -0.2) is 0 Å². The molecule has 1 saturated heterocycles. The predicted octanol–water partition coefficient (Wildman–Crippen LogP) is 3.22. The molecule has 1 aromatic heterocycles. The van der Waals surface area contributed by atoms with Gasteiger partial charge in [-0.1, -0.05) is 27.7 Å². The van der Waals surface area contributed by atoms with Crippen LogP contribution in [-0.2, 0) is 0 Å². The van der Waals surface area contributed by atoms with E-state index in [1.807, 2.05) is 0 Å². The smallest absolute Gasteiger partial charge is 0.231 e. The van der Waals surface area contributed by atoms with E-state index in [9.17, 15) is 0 Å². The van der Waals surface area contributed by atoms with Gasteiger partial charge in [0.2, 0.25) is 17.2 Å². The van der Waals surface area contributed by atoms with Crippen LogP contribution < -0.4 is 10.2 Å². The molecule has 1 aromatic rings. The summed E-state index contributed by atoms with van der Waals surface area (Å²) in [6.45, 7) is 12.1. The maximum atomic E-state index is 6.04. The van der Waals surface area contributed by atoms with E-state index in [-0.39, 0.29) is 5.28 Å². The van der Waals surface area contributed by atoms with E-state index in [1.54, 1.807) is 0 Å². The number of nitrogens with zero attached hydrogens (tertiary/aromatic N) is 4. The molecule has 5 nitrogen and oxygen atoms in total. The van der Waals surface area contributed by atoms with Crippen molar-refractivity contribution in [3.8, 4) is 0 Å². The lowest BCUT2D eigenvalue weighted by atomic mass is 10.0. The van der Waals surface area contributed by atoms with Gasteiger partial charge < -0.3 is 10.2 Å². The maximum absolute atomic E-state index is 6.04. The largest absolute Gasteiger partial charge is 0.354 e. The van der Waals surface area contributed by atoms with Gasteiger partial charge in [0, 0.05) is 19.6 Å². The lowest BCUT2D eigenvalue weighted by Gasteiger charge is -2.16. The molecule has 0 aromatic carbocycles. The first kappa shape index (κ1) is 14.8. The first-order valence-corrected chi connectivity index (χ1v) is 8.10. The van der Waals surface area contributed by atoms with Gasteiger partial charge in [0.1, 0.15) is 0 Å². The third-order valence-corrected chi connectivity index (χ3v) is 5.94. The van der Waals surface area contributed by atoms with Crippen molar-refractivity contribution < 1.29 is 0 Å². The van der Waals surface area contributed by atoms with Gasteiger partial charge in [-0.2, -0.15) is 15.0 Å². The zero-order valence-electron chi connectivity index (χ0n) is 13.3. The Morgan fingerprint density at radius 1 is 1.10 bits per heavy atom. The lowest BCUT2D eigenvalue weighted by molar-refractivity contribution is 0.457. The van der Waals surface area contributed by atoms with Crippen molar-refractivity contribution in [2.24, 2.45) is 16.7 Å². The van der Waals surface area contributed by atoms with Crippen LogP contribution in [0.2, 0.25) is 5.28 Å². The van der Waals surface area contributed by atoms with E-state index in [0.29, 0.717) is 28.6 Å². The summed E-state index contributed by atoms with van der Waals surface area (Å²) >= 11 is 6.04. The van der Waals surface area contributed by atoms with Crippen LogP contribution >= 0.6 is 11.6 Å². The topological polar surface area (TPSA) is 53.9 Å². The molecule has 6 heteroatoms. The average molecular weight is 310 g/mol. The molecule has 0 spiro atoms. The van der Waals surface area contributed by atoms with Gasteiger partial charge in [0.25, 0.3) is 0 Å². The van der Waals surface area contributed by atoms with Crippen molar-refractivity contribution in [2.45, 2.75) is 40.5 Å². The van der Waals surface area contributed by atoms with Gasteiger partial charge in [0.15, 0.2) is 0 Å². The number of anilines is 2. The Balaban J connectivity index is 1.69. The Labute approximate surface area is 131 Å². The minimum Gasteiger partial charge on any atom is -0.354 e. The Morgan fingerprint density at radius 3 is 2.29 bits per heavy atom. The molecule has 1 aliphatic carbocycles.